The Labute approximate surface area is 102 Å². The third kappa shape index (κ3) is 4.02. The first-order valence-electron chi connectivity index (χ1n) is 4.65. The Hall–Kier alpha value is -0.860. The van der Waals surface area contributed by atoms with Crippen molar-refractivity contribution in [2.45, 2.75) is 11.8 Å². The SMILES string of the molecule is C=C(S)/C=C\C(=C/C)c1ccc(S)cc1. The minimum Gasteiger partial charge on any atom is -0.144 e. The molecule has 0 spiro atoms. The van der Waals surface area contributed by atoms with Crippen molar-refractivity contribution in [1.29, 1.82) is 0 Å². The van der Waals surface area contributed by atoms with Gasteiger partial charge < -0.3 is 0 Å². The first kappa shape index (κ1) is 12.2. The van der Waals surface area contributed by atoms with E-state index in [0.717, 1.165) is 15.4 Å². The summed E-state index contributed by atoms with van der Waals surface area (Å²) in [6.07, 6.45) is 5.94. The van der Waals surface area contributed by atoms with Gasteiger partial charge in [-0.2, -0.15) is 0 Å². The van der Waals surface area contributed by atoms with Crippen molar-refractivity contribution in [2.24, 2.45) is 0 Å². The summed E-state index contributed by atoms with van der Waals surface area (Å²) in [5.74, 6) is 0. The van der Waals surface area contributed by atoms with Gasteiger partial charge >= 0.3 is 0 Å². The van der Waals surface area contributed by atoms with Gasteiger partial charge in [0.05, 0.1) is 0 Å². The maximum Gasteiger partial charge on any atom is 0.00404 e. The van der Waals surface area contributed by atoms with E-state index in [1.165, 1.54) is 5.56 Å². The molecule has 15 heavy (non-hydrogen) atoms. The number of benzene rings is 1. The molecule has 0 aliphatic carbocycles. The van der Waals surface area contributed by atoms with E-state index in [4.69, 9.17) is 0 Å². The van der Waals surface area contributed by atoms with E-state index >= 15 is 0 Å². The molecule has 1 rings (SSSR count). The van der Waals surface area contributed by atoms with Crippen molar-refractivity contribution in [3.63, 3.8) is 0 Å². The molecule has 0 bridgehead atoms. The van der Waals surface area contributed by atoms with Gasteiger partial charge in [-0.25, -0.2) is 0 Å². The summed E-state index contributed by atoms with van der Waals surface area (Å²) in [7, 11) is 0. The van der Waals surface area contributed by atoms with Crippen molar-refractivity contribution in [1.82, 2.24) is 0 Å². The fourth-order valence-corrected chi connectivity index (χ4v) is 1.42. The topological polar surface area (TPSA) is 0 Å². The third-order valence-electron chi connectivity index (χ3n) is 1.97. The molecule has 0 atom stereocenters. The molecule has 0 saturated heterocycles. The molecular formula is C13H14S2. The van der Waals surface area contributed by atoms with Crippen LogP contribution < -0.4 is 0 Å². The molecule has 2 heteroatoms. The van der Waals surface area contributed by atoms with Gasteiger partial charge in [-0.1, -0.05) is 30.9 Å². The van der Waals surface area contributed by atoms with Gasteiger partial charge in [-0.3, -0.25) is 0 Å². The fourth-order valence-electron chi connectivity index (χ4n) is 1.20. The summed E-state index contributed by atoms with van der Waals surface area (Å²) in [6, 6.07) is 8.04. The summed E-state index contributed by atoms with van der Waals surface area (Å²) >= 11 is 8.37. The summed E-state index contributed by atoms with van der Waals surface area (Å²) in [4.78, 5) is 1.72. The van der Waals surface area contributed by atoms with E-state index in [2.05, 4.69) is 37.9 Å². The molecule has 78 valence electrons. The van der Waals surface area contributed by atoms with Crippen LogP contribution in [0.1, 0.15) is 12.5 Å². The van der Waals surface area contributed by atoms with Gasteiger partial charge in [0.1, 0.15) is 0 Å². The zero-order chi connectivity index (χ0) is 11.3. The fraction of sp³-hybridized carbons (Fsp3) is 0.0769. The van der Waals surface area contributed by atoms with Gasteiger partial charge in [0.25, 0.3) is 0 Å². The molecule has 0 N–H and O–H groups in total. The summed E-state index contributed by atoms with van der Waals surface area (Å²) < 4.78 is 0. The average molecular weight is 234 g/mol. The predicted octanol–water partition coefficient (Wildman–Crippen LogP) is 4.38. The van der Waals surface area contributed by atoms with E-state index in [-0.39, 0.29) is 0 Å². The van der Waals surface area contributed by atoms with Crippen molar-refractivity contribution in [2.75, 3.05) is 0 Å². The van der Waals surface area contributed by atoms with Crippen molar-refractivity contribution in [3.05, 3.63) is 59.5 Å². The van der Waals surface area contributed by atoms with E-state index in [0.29, 0.717) is 0 Å². The van der Waals surface area contributed by atoms with Crippen LogP contribution >= 0.6 is 25.3 Å². The molecule has 0 heterocycles. The molecule has 0 amide bonds. The number of rotatable bonds is 3. The number of hydrogen-bond donors (Lipinski definition) is 2. The van der Waals surface area contributed by atoms with E-state index < -0.39 is 0 Å². The Kier molecular flexibility index (Phi) is 4.79. The van der Waals surface area contributed by atoms with Crippen molar-refractivity contribution < 1.29 is 0 Å². The smallest absolute Gasteiger partial charge is 0.00404 e. The second kappa shape index (κ2) is 5.89. The summed E-state index contributed by atoms with van der Waals surface area (Å²) in [5.41, 5.74) is 2.32. The molecule has 0 aliphatic heterocycles. The minimum atomic E-state index is 0.750. The van der Waals surface area contributed by atoms with Crippen LogP contribution in [0.25, 0.3) is 5.57 Å². The molecule has 0 unspecified atom stereocenters. The van der Waals surface area contributed by atoms with Crippen LogP contribution in [0.5, 0.6) is 0 Å². The first-order chi connectivity index (χ1) is 7.13. The van der Waals surface area contributed by atoms with E-state index in [9.17, 15) is 0 Å². The second-order valence-electron chi connectivity index (χ2n) is 3.12. The molecule has 0 radical (unpaired) electrons. The first-order valence-corrected chi connectivity index (χ1v) is 5.54. The lowest BCUT2D eigenvalue weighted by atomic mass is 10.1. The van der Waals surface area contributed by atoms with Crippen LogP contribution in [-0.2, 0) is 0 Å². The lowest BCUT2D eigenvalue weighted by Crippen LogP contribution is -1.79. The average Bonchev–Trinajstić information content (AvgIpc) is 2.21. The Bertz CT molecular complexity index is 397. The molecule has 0 aromatic heterocycles. The Morgan fingerprint density at radius 1 is 1.20 bits per heavy atom. The van der Waals surface area contributed by atoms with Crippen LogP contribution in [0.15, 0.2) is 58.9 Å². The zero-order valence-corrected chi connectivity index (χ0v) is 10.4. The second-order valence-corrected chi connectivity index (χ2v) is 4.21. The Morgan fingerprint density at radius 3 is 2.27 bits per heavy atom. The monoisotopic (exact) mass is 234 g/mol. The maximum atomic E-state index is 4.25. The van der Waals surface area contributed by atoms with E-state index in [1.807, 2.05) is 43.3 Å². The van der Waals surface area contributed by atoms with Gasteiger partial charge in [0.2, 0.25) is 0 Å². The minimum absolute atomic E-state index is 0.750. The molecule has 1 aromatic rings. The highest BCUT2D eigenvalue weighted by Crippen LogP contribution is 2.18. The van der Waals surface area contributed by atoms with Gasteiger partial charge in [-0.05, 0) is 41.2 Å². The summed E-state index contributed by atoms with van der Waals surface area (Å²) in [6.45, 7) is 5.72. The third-order valence-corrected chi connectivity index (χ3v) is 2.41. The van der Waals surface area contributed by atoms with Crippen LogP contribution in [0.3, 0.4) is 0 Å². The standard InChI is InChI=1S/C13H14S2/c1-3-11(5-4-10(2)14)12-6-8-13(15)9-7-12/h3-9,14-15H,2H2,1H3/b5-4-,11-3+. The zero-order valence-electron chi connectivity index (χ0n) is 8.64. The lowest BCUT2D eigenvalue weighted by molar-refractivity contribution is 1.45. The van der Waals surface area contributed by atoms with Gasteiger partial charge in [0.15, 0.2) is 0 Å². The van der Waals surface area contributed by atoms with Crippen LogP contribution in [0, 0.1) is 0 Å². The van der Waals surface area contributed by atoms with Crippen molar-refractivity contribution in [3.8, 4) is 0 Å². The highest BCUT2D eigenvalue weighted by atomic mass is 32.1. The number of allylic oxidation sites excluding steroid dienone is 4. The Balaban J connectivity index is 2.94. The molecule has 0 fully saturated rings. The predicted molar refractivity (Wildman–Crippen MR) is 74.6 cm³/mol. The van der Waals surface area contributed by atoms with E-state index in [1.54, 1.807) is 0 Å². The normalized spacial score (nSPS) is 12.1. The van der Waals surface area contributed by atoms with Gasteiger partial charge in [-0.15, -0.1) is 25.3 Å². The van der Waals surface area contributed by atoms with Crippen LogP contribution in [0.4, 0.5) is 0 Å². The number of hydrogen-bond acceptors (Lipinski definition) is 2. The number of thiol groups is 2. The summed E-state index contributed by atoms with van der Waals surface area (Å²) in [5, 5.41) is 0. The highest BCUT2D eigenvalue weighted by molar-refractivity contribution is 7.84. The largest absolute Gasteiger partial charge is 0.144 e. The van der Waals surface area contributed by atoms with Crippen molar-refractivity contribution >= 4 is 30.8 Å². The molecule has 0 aliphatic rings. The lowest BCUT2D eigenvalue weighted by Gasteiger charge is -2.02. The van der Waals surface area contributed by atoms with Crippen LogP contribution in [-0.4, -0.2) is 0 Å². The Morgan fingerprint density at radius 2 is 1.80 bits per heavy atom. The quantitative estimate of drug-likeness (QED) is 0.563. The van der Waals surface area contributed by atoms with Crippen LogP contribution in [0.2, 0.25) is 0 Å². The molecule has 1 aromatic carbocycles. The molecule has 0 saturated carbocycles. The maximum absolute atomic E-state index is 4.25. The highest BCUT2D eigenvalue weighted by Gasteiger charge is 1.95. The molecule has 0 nitrogen and oxygen atoms in total. The molecular weight excluding hydrogens is 220 g/mol. The van der Waals surface area contributed by atoms with Gasteiger partial charge in [0, 0.05) is 4.90 Å².